The third-order valence-electron chi connectivity index (χ3n) is 4.02. The summed E-state index contributed by atoms with van der Waals surface area (Å²) < 4.78 is 0. The summed E-state index contributed by atoms with van der Waals surface area (Å²) in [5.41, 5.74) is 0.919. The molecule has 1 saturated heterocycles. The van der Waals surface area contributed by atoms with Crippen molar-refractivity contribution in [2.24, 2.45) is 0 Å². The van der Waals surface area contributed by atoms with Crippen molar-refractivity contribution in [1.82, 2.24) is 10.2 Å². The summed E-state index contributed by atoms with van der Waals surface area (Å²) in [7, 11) is 0. The number of aromatic hydroxyl groups is 1. The fourth-order valence-electron chi connectivity index (χ4n) is 2.75. The number of aliphatic carboxylic acids is 1. The summed E-state index contributed by atoms with van der Waals surface area (Å²) in [4.78, 5) is 36.6. The Morgan fingerprint density at radius 1 is 1.21 bits per heavy atom. The molecule has 1 aliphatic rings. The van der Waals surface area contributed by atoms with Gasteiger partial charge in [-0.15, -0.1) is 0 Å². The van der Waals surface area contributed by atoms with Crippen molar-refractivity contribution in [2.45, 2.75) is 38.1 Å². The molecule has 1 aromatic carbocycles. The van der Waals surface area contributed by atoms with Crippen molar-refractivity contribution in [3.63, 3.8) is 0 Å². The molecule has 130 valence electrons. The summed E-state index contributed by atoms with van der Waals surface area (Å²) in [5.74, 6) is -1.44. The van der Waals surface area contributed by atoms with Crippen LogP contribution < -0.4 is 5.32 Å². The number of carbonyl (C=O) groups excluding carboxylic acids is 2. The molecule has 0 saturated carbocycles. The molecule has 2 amide bonds. The number of phenols is 1. The lowest BCUT2D eigenvalue weighted by Crippen LogP contribution is -2.48. The van der Waals surface area contributed by atoms with E-state index in [2.05, 4.69) is 5.32 Å². The van der Waals surface area contributed by atoms with Gasteiger partial charge in [0.05, 0.1) is 0 Å². The number of nitrogens with one attached hydrogen (secondary N) is 1. The lowest BCUT2D eigenvalue weighted by Gasteiger charge is -2.23. The van der Waals surface area contributed by atoms with E-state index in [4.69, 9.17) is 5.11 Å². The zero-order chi connectivity index (χ0) is 17.5. The van der Waals surface area contributed by atoms with Crippen LogP contribution in [0.1, 0.15) is 31.2 Å². The number of hydrogen-bond acceptors (Lipinski definition) is 4. The highest BCUT2D eigenvalue weighted by molar-refractivity contribution is 5.89. The summed E-state index contributed by atoms with van der Waals surface area (Å²) >= 11 is 0. The quantitative estimate of drug-likeness (QED) is 0.717. The second-order valence-corrected chi connectivity index (χ2v) is 5.94. The molecule has 1 aliphatic heterocycles. The Bertz CT molecular complexity index is 600. The van der Waals surface area contributed by atoms with Crippen molar-refractivity contribution >= 4 is 17.8 Å². The molecule has 1 aromatic rings. The van der Waals surface area contributed by atoms with Crippen LogP contribution in [0.2, 0.25) is 0 Å². The summed E-state index contributed by atoms with van der Waals surface area (Å²) in [6.45, 7) is 0.0731. The lowest BCUT2D eigenvalue weighted by atomic mass is 10.1. The third kappa shape index (κ3) is 5.26. The zero-order valence-corrected chi connectivity index (χ0v) is 13.4. The lowest BCUT2D eigenvalue weighted by molar-refractivity contribution is -0.145. The highest BCUT2D eigenvalue weighted by Crippen LogP contribution is 2.14. The molecule has 0 aliphatic carbocycles. The molecule has 1 atom stereocenters. The van der Waals surface area contributed by atoms with Gasteiger partial charge in [0.25, 0.3) is 0 Å². The van der Waals surface area contributed by atoms with Crippen molar-refractivity contribution in [3.05, 3.63) is 29.8 Å². The van der Waals surface area contributed by atoms with Gasteiger partial charge < -0.3 is 20.4 Å². The van der Waals surface area contributed by atoms with Gasteiger partial charge in [-0.05, 0) is 43.4 Å². The minimum absolute atomic E-state index is 0.172. The minimum atomic E-state index is -1.05. The van der Waals surface area contributed by atoms with Crippen LogP contribution in [0.25, 0.3) is 0 Å². The summed E-state index contributed by atoms with van der Waals surface area (Å²) in [6, 6.07) is 5.96. The number of aryl methyl sites for hydroxylation is 1. The Kier molecular flexibility index (Phi) is 6.17. The largest absolute Gasteiger partial charge is 0.508 e. The van der Waals surface area contributed by atoms with Gasteiger partial charge in [0.15, 0.2) is 0 Å². The van der Waals surface area contributed by atoms with E-state index in [1.165, 1.54) is 4.90 Å². The topological polar surface area (TPSA) is 107 Å². The van der Waals surface area contributed by atoms with Crippen LogP contribution >= 0.6 is 0 Å². The first-order valence-corrected chi connectivity index (χ1v) is 8.03. The number of carboxylic acids is 1. The van der Waals surface area contributed by atoms with E-state index in [1.54, 1.807) is 24.3 Å². The van der Waals surface area contributed by atoms with Gasteiger partial charge in [-0.25, -0.2) is 0 Å². The predicted molar refractivity (Wildman–Crippen MR) is 86.4 cm³/mol. The fraction of sp³-hybridized carbons (Fsp3) is 0.471. The molecule has 7 heteroatoms. The molecule has 0 spiro atoms. The Morgan fingerprint density at radius 2 is 1.92 bits per heavy atom. The molecule has 24 heavy (non-hydrogen) atoms. The SMILES string of the molecule is O=C(O)CN1CCCC[C@H](NC(=O)CCc2ccc(O)cc2)C1=O. The molecule has 1 fully saturated rings. The predicted octanol–water partition coefficient (Wildman–Crippen LogP) is 0.907. The maximum absolute atomic E-state index is 12.3. The average molecular weight is 334 g/mol. The van der Waals surface area contributed by atoms with E-state index < -0.39 is 12.0 Å². The van der Waals surface area contributed by atoms with E-state index in [-0.39, 0.29) is 30.5 Å². The number of phenolic OH excluding ortho intramolecular Hbond substituents is 1. The molecular weight excluding hydrogens is 312 g/mol. The van der Waals surface area contributed by atoms with Gasteiger partial charge in [-0.2, -0.15) is 0 Å². The van der Waals surface area contributed by atoms with Crippen molar-refractivity contribution < 1.29 is 24.6 Å². The van der Waals surface area contributed by atoms with Crippen molar-refractivity contribution in [2.75, 3.05) is 13.1 Å². The number of carboxylic acid groups (broad SMARTS) is 1. The van der Waals surface area contributed by atoms with E-state index in [1.807, 2.05) is 0 Å². The van der Waals surface area contributed by atoms with Crippen LogP contribution in [0.5, 0.6) is 5.75 Å². The first-order valence-electron chi connectivity index (χ1n) is 8.03. The van der Waals surface area contributed by atoms with E-state index in [0.717, 1.165) is 18.4 Å². The summed E-state index contributed by atoms with van der Waals surface area (Å²) in [6.07, 6.45) is 2.77. The van der Waals surface area contributed by atoms with Crippen LogP contribution in [-0.4, -0.2) is 52.0 Å². The molecule has 0 radical (unpaired) electrons. The number of nitrogens with zero attached hydrogens (tertiary/aromatic N) is 1. The highest BCUT2D eigenvalue weighted by Gasteiger charge is 2.29. The third-order valence-corrected chi connectivity index (χ3v) is 4.02. The van der Waals surface area contributed by atoms with Crippen LogP contribution in [0.15, 0.2) is 24.3 Å². The molecule has 1 heterocycles. The molecule has 0 aromatic heterocycles. The number of rotatable bonds is 6. The van der Waals surface area contributed by atoms with Gasteiger partial charge in [-0.3, -0.25) is 14.4 Å². The Balaban J connectivity index is 1.87. The highest BCUT2D eigenvalue weighted by atomic mass is 16.4. The van der Waals surface area contributed by atoms with Gasteiger partial charge in [0.2, 0.25) is 11.8 Å². The smallest absolute Gasteiger partial charge is 0.323 e. The fourth-order valence-corrected chi connectivity index (χ4v) is 2.75. The molecule has 7 nitrogen and oxygen atoms in total. The van der Waals surface area contributed by atoms with Gasteiger partial charge in [-0.1, -0.05) is 12.1 Å². The maximum atomic E-state index is 12.3. The van der Waals surface area contributed by atoms with E-state index >= 15 is 0 Å². The molecule has 0 bridgehead atoms. The first kappa shape index (κ1) is 17.8. The van der Waals surface area contributed by atoms with E-state index in [0.29, 0.717) is 19.4 Å². The van der Waals surface area contributed by atoms with Crippen molar-refractivity contribution in [3.8, 4) is 5.75 Å². The molecule has 0 unspecified atom stereocenters. The van der Waals surface area contributed by atoms with E-state index in [9.17, 15) is 19.5 Å². The minimum Gasteiger partial charge on any atom is -0.508 e. The van der Waals surface area contributed by atoms with Crippen LogP contribution in [0.4, 0.5) is 0 Å². The molecule has 3 N–H and O–H groups in total. The van der Waals surface area contributed by atoms with Crippen molar-refractivity contribution in [1.29, 1.82) is 0 Å². The van der Waals surface area contributed by atoms with Gasteiger partial charge in [0, 0.05) is 13.0 Å². The molecular formula is C17H22N2O5. The van der Waals surface area contributed by atoms with Crippen LogP contribution in [0, 0.1) is 0 Å². The Labute approximate surface area is 140 Å². The number of amides is 2. The monoisotopic (exact) mass is 334 g/mol. The van der Waals surface area contributed by atoms with Gasteiger partial charge >= 0.3 is 5.97 Å². The normalized spacial score (nSPS) is 18.1. The van der Waals surface area contributed by atoms with Gasteiger partial charge in [0.1, 0.15) is 18.3 Å². The Hall–Kier alpha value is -2.57. The summed E-state index contributed by atoms with van der Waals surface area (Å²) in [5, 5.41) is 20.8. The van der Waals surface area contributed by atoms with Crippen LogP contribution in [-0.2, 0) is 20.8 Å². The number of hydrogen-bond donors (Lipinski definition) is 3. The standard InChI is InChI=1S/C17H22N2O5/c20-13-7-4-12(5-8-13)6-9-15(21)18-14-3-1-2-10-19(17(14)24)11-16(22)23/h4-5,7-8,14,20H,1-3,6,9-11H2,(H,18,21)(H,22,23)/t14-/m0/s1. The zero-order valence-electron chi connectivity index (χ0n) is 13.4. The van der Waals surface area contributed by atoms with Crippen LogP contribution in [0.3, 0.4) is 0 Å². The number of carbonyl (C=O) groups is 3. The number of likely N-dealkylation sites (tertiary alicyclic amines) is 1. The second kappa shape index (κ2) is 8.33. The number of benzene rings is 1. The molecule has 2 rings (SSSR count). The average Bonchev–Trinajstić information content (AvgIpc) is 2.70. The second-order valence-electron chi connectivity index (χ2n) is 5.94. The maximum Gasteiger partial charge on any atom is 0.323 e. The Morgan fingerprint density at radius 3 is 2.58 bits per heavy atom. The first-order chi connectivity index (χ1) is 11.5.